The van der Waals surface area contributed by atoms with E-state index in [0.717, 1.165) is 121 Å². The molecule has 6 aromatic carbocycles. The van der Waals surface area contributed by atoms with Gasteiger partial charge in [-0.1, -0.05) is 60.7 Å². The second-order valence-corrected chi connectivity index (χ2v) is 23.5. The van der Waals surface area contributed by atoms with Gasteiger partial charge in [-0.05, 0) is 172 Å². The van der Waals surface area contributed by atoms with Gasteiger partial charge in [0.2, 0.25) is 0 Å². The topological polar surface area (TPSA) is 200 Å². The van der Waals surface area contributed by atoms with Gasteiger partial charge in [-0.3, -0.25) is 19.2 Å². The van der Waals surface area contributed by atoms with Gasteiger partial charge in [0, 0.05) is 102 Å². The molecule has 4 saturated heterocycles. The van der Waals surface area contributed by atoms with E-state index in [0.29, 0.717) is 62.2 Å². The molecule has 448 valence electrons. The molecule has 2 atom stereocenters. The summed E-state index contributed by atoms with van der Waals surface area (Å²) in [6.07, 6.45) is 5.98. The number of anilines is 4. The molecule has 0 bridgehead atoms. The van der Waals surface area contributed by atoms with Crippen molar-refractivity contribution < 1.29 is 29.4 Å². The van der Waals surface area contributed by atoms with Crippen molar-refractivity contribution in [1.82, 2.24) is 20.4 Å². The molecule has 4 aliphatic heterocycles. The Morgan fingerprint density at radius 1 is 0.465 bits per heavy atom. The third kappa shape index (κ3) is 13.8. The van der Waals surface area contributed by atoms with E-state index < -0.39 is 0 Å². The molecule has 4 fully saturated rings. The van der Waals surface area contributed by atoms with E-state index in [1.165, 1.54) is 22.3 Å². The minimum absolute atomic E-state index is 0.0145. The summed E-state index contributed by atoms with van der Waals surface area (Å²) in [5.41, 5.74) is 14.3. The van der Waals surface area contributed by atoms with Crippen LogP contribution in [0.5, 0.6) is 0 Å². The van der Waals surface area contributed by atoms with Crippen LogP contribution in [0.25, 0.3) is 0 Å². The molecule has 16 nitrogen and oxygen atoms in total. The smallest absolute Gasteiger partial charge is 0.254 e. The van der Waals surface area contributed by atoms with Crippen molar-refractivity contribution >= 4 is 46.4 Å². The molecule has 10 rings (SSSR count). The second kappa shape index (κ2) is 28.5. The number of aliphatic hydroxyl groups is 2. The minimum atomic E-state index is -0.315. The highest BCUT2D eigenvalue weighted by Gasteiger charge is 2.35. The number of rotatable bonds is 14. The molecule has 0 unspecified atom stereocenters. The number of piperidine rings is 2. The van der Waals surface area contributed by atoms with Gasteiger partial charge in [0.15, 0.2) is 0 Å². The average molecular weight is 1160 g/mol. The van der Waals surface area contributed by atoms with E-state index in [1.807, 2.05) is 118 Å². The van der Waals surface area contributed by atoms with E-state index in [1.54, 1.807) is 26.2 Å². The molecule has 0 aliphatic carbocycles. The fourth-order valence-corrected chi connectivity index (χ4v) is 13.2. The normalized spacial score (nSPS) is 17.5. The van der Waals surface area contributed by atoms with Crippen LogP contribution in [0.2, 0.25) is 0 Å². The third-order valence-corrected chi connectivity index (χ3v) is 18.1. The van der Waals surface area contributed by atoms with Crippen LogP contribution in [0.3, 0.4) is 0 Å². The first-order chi connectivity index (χ1) is 41.7. The Morgan fingerprint density at radius 3 is 1.16 bits per heavy atom. The molecule has 6 aromatic rings. The lowest BCUT2D eigenvalue weighted by atomic mass is 9.86. The number of amides is 4. The second-order valence-electron chi connectivity index (χ2n) is 23.5. The summed E-state index contributed by atoms with van der Waals surface area (Å²) in [5.74, 6) is 0.645. The third-order valence-electron chi connectivity index (χ3n) is 18.1. The molecule has 16 heteroatoms. The van der Waals surface area contributed by atoms with Crippen LogP contribution >= 0.6 is 0 Å². The molecule has 4 aliphatic rings. The lowest BCUT2D eigenvalue weighted by Crippen LogP contribution is -2.56. The van der Waals surface area contributed by atoms with Crippen LogP contribution in [0.15, 0.2) is 121 Å². The van der Waals surface area contributed by atoms with Crippen molar-refractivity contribution in [2.24, 2.45) is 11.8 Å². The first kappa shape index (κ1) is 61.8. The molecule has 0 spiro atoms. The zero-order valence-electron chi connectivity index (χ0n) is 50.7. The summed E-state index contributed by atoms with van der Waals surface area (Å²) in [5, 5.41) is 45.0. The molecule has 4 amide bonds. The Hall–Kier alpha value is -8.70. The summed E-state index contributed by atoms with van der Waals surface area (Å²) in [6, 6.07) is 42.8. The number of aliphatic hydroxyl groups excluding tert-OH is 2. The van der Waals surface area contributed by atoms with Crippen molar-refractivity contribution in [3.05, 3.63) is 188 Å². The van der Waals surface area contributed by atoms with Gasteiger partial charge in [0.25, 0.3) is 23.6 Å². The molecule has 4 heterocycles. The largest absolute Gasteiger partial charge is 0.394 e. The Balaban J connectivity index is 0.000000205. The minimum Gasteiger partial charge on any atom is -0.394 e. The molecule has 0 radical (unpaired) electrons. The van der Waals surface area contributed by atoms with E-state index >= 15 is 0 Å². The number of aryl methyl sites for hydroxylation is 4. The monoisotopic (exact) mass is 1160 g/mol. The van der Waals surface area contributed by atoms with Crippen molar-refractivity contribution in [3.63, 3.8) is 0 Å². The summed E-state index contributed by atoms with van der Waals surface area (Å²) < 4.78 is 0. The Labute approximate surface area is 507 Å². The number of benzene rings is 6. The Bertz CT molecular complexity index is 3270. The number of nitrogens with zero attached hydrogens (tertiary/aromatic N) is 8. The van der Waals surface area contributed by atoms with Crippen LogP contribution in [0, 0.1) is 62.2 Å². The van der Waals surface area contributed by atoms with Gasteiger partial charge in [0.05, 0.1) is 58.9 Å². The fraction of sp³-hybridized carbons (Fsp3) is 0.400. The summed E-state index contributed by atoms with van der Waals surface area (Å²) >= 11 is 0. The first-order valence-electron chi connectivity index (χ1n) is 30.3. The van der Waals surface area contributed by atoms with Crippen LogP contribution in [0.1, 0.15) is 112 Å². The van der Waals surface area contributed by atoms with Gasteiger partial charge in [-0.2, -0.15) is 10.5 Å². The van der Waals surface area contributed by atoms with Crippen molar-refractivity contribution in [2.45, 2.75) is 78.3 Å². The zero-order valence-corrected chi connectivity index (χ0v) is 50.7. The van der Waals surface area contributed by atoms with Gasteiger partial charge in [-0.25, -0.2) is 0 Å². The highest BCUT2D eigenvalue weighted by molar-refractivity contribution is 6.01. The molecule has 86 heavy (non-hydrogen) atoms. The number of carbonyl (C=O) groups is 4. The van der Waals surface area contributed by atoms with Crippen LogP contribution < -0.4 is 30.2 Å². The predicted octanol–water partition coefficient (Wildman–Crippen LogP) is 8.63. The number of hydrogen-bond acceptors (Lipinski definition) is 12. The van der Waals surface area contributed by atoms with E-state index in [-0.39, 0.29) is 48.9 Å². The highest BCUT2D eigenvalue weighted by Crippen LogP contribution is 2.34. The average Bonchev–Trinajstić information content (AvgIpc) is 1.64. The van der Waals surface area contributed by atoms with E-state index in [4.69, 9.17) is 0 Å². The van der Waals surface area contributed by atoms with E-state index in [9.17, 15) is 39.9 Å². The molecule has 0 saturated carbocycles. The van der Waals surface area contributed by atoms with Crippen LogP contribution in [0.4, 0.5) is 22.7 Å². The first-order valence-corrected chi connectivity index (χ1v) is 30.3. The van der Waals surface area contributed by atoms with Gasteiger partial charge in [-0.15, -0.1) is 0 Å². The molecule has 4 N–H and O–H groups in total. The fourth-order valence-electron chi connectivity index (χ4n) is 13.2. The maximum absolute atomic E-state index is 13.9. The molecule has 0 aromatic heterocycles. The van der Waals surface area contributed by atoms with Crippen LogP contribution in [-0.4, -0.2) is 148 Å². The number of piperazine rings is 2. The zero-order chi connectivity index (χ0) is 61.0. The lowest BCUT2D eigenvalue weighted by Gasteiger charge is -2.42. The molecular formula is C70H82N10O6. The van der Waals surface area contributed by atoms with Gasteiger partial charge >= 0.3 is 0 Å². The van der Waals surface area contributed by atoms with Crippen molar-refractivity contribution in [3.8, 4) is 12.1 Å². The summed E-state index contributed by atoms with van der Waals surface area (Å²) in [7, 11) is 3.22. The Kier molecular flexibility index (Phi) is 20.5. The maximum atomic E-state index is 13.9. The number of para-hydroxylation sites is 4. The quantitative estimate of drug-likeness (QED) is 0.0811. The summed E-state index contributed by atoms with van der Waals surface area (Å²) in [4.78, 5) is 65.2. The predicted molar refractivity (Wildman–Crippen MR) is 339 cm³/mol. The lowest BCUT2D eigenvalue weighted by molar-refractivity contribution is 0.0690. The van der Waals surface area contributed by atoms with Crippen molar-refractivity contribution in [1.29, 1.82) is 10.5 Å². The van der Waals surface area contributed by atoms with E-state index in [2.05, 4.69) is 70.7 Å². The number of hydrogen-bond donors (Lipinski definition) is 4. The number of nitrogens with one attached hydrogen (secondary N) is 2. The standard InChI is InChI=1S/2C35H41N5O3/c2*1-24-18-25(2)31(20-28(24)19-26-12-14-38(15-13-26)32-10-6-4-8-27(32)21-36)35(43)39-16-17-40(29(22-39)23-41)33-11-7-5-9-30(33)34(42)37-3/h2*4-11,18,20,26,29,41H,12-17,19,22-23H2,1-3H3,(H,37,42)/t2*29-/m10/s1. The number of carbonyl (C=O) groups excluding carboxylic acids is 4. The highest BCUT2D eigenvalue weighted by atomic mass is 16.3. The van der Waals surface area contributed by atoms with Gasteiger partial charge < -0.3 is 50.2 Å². The van der Waals surface area contributed by atoms with Gasteiger partial charge in [0.1, 0.15) is 12.1 Å². The molecular weight excluding hydrogens is 1080 g/mol. The van der Waals surface area contributed by atoms with Crippen LogP contribution in [-0.2, 0) is 12.8 Å². The maximum Gasteiger partial charge on any atom is 0.254 e. The summed E-state index contributed by atoms with van der Waals surface area (Å²) in [6.45, 7) is 14.5. The Morgan fingerprint density at radius 2 is 0.814 bits per heavy atom. The number of nitriles is 2. The van der Waals surface area contributed by atoms with Crippen molar-refractivity contribution in [2.75, 3.05) is 112 Å². The SMILES string of the molecule is CNC(=O)c1ccccc1N1CCN(C(=O)c2cc(CC3CCN(c4ccccc4C#N)CC3)c(C)cc2C)C[C@@H]1CO.CNC(=O)c1ccccc1N1CCN(C(=O)c2cc(CC3CCN(c4ccccc4C#N)CC3)c(C)cc2C)C[C@H]1CO.